The molecule has 186 valence electrons. The summed E-state index contributed by atoms with van der Waals surface area (Å²) < 4.78 is 46.8. The summed E-state index contributed by atoms with van der Waals surface area (Å²) in [6, 6.07) is 2.26. The predicted octanol–water partition coefficient (Wildman–Crippen LogP) is 3.20. The molecular formula is C22H25F3N8O2. The molecule has 1 aliphatic rings. The van der Waals surface area contributed by atoms with Gasteiger partial charge < -0.3 is 20.3 Å². The molecule has 0 bridgehead atoms. The van der Waals surface area contributed by atoms with E-state index in [1.165, 1.54) is 16.9 Å². The SMILES string of the molecule is Cc1nc(NCc2cnn(Cc3ncccc3C(F)(F)F)c2)nc2c1NC(=O)C(OC(C)C)N2C. The van der Waals surface area contributed by atoms with E-state index < -0.39 is 18.0 Å². The number of carbonyl (C=O) groups is 1. The second-order valence-electron chi connectivity index (χ2n) is 8.36. The molecule has 0 aromatic carbocycles. The number of amides is 1. The highest BCUT2D eigenvalue weighted by Crippen LogP contribution is 2.33. The molecule has 4 rings (SSSR count). The number of halogens is 3. The third-order valence-corrected chi connectivity index (χ3v) is 5.27. The Bertz CT molecular complexity index is 1230. The van der Waals surface area contributed by atoms with Crippen LogP contribution in [0.5, 0.6) is 0 Å². The van der Waals surface area contributed by atoms with Gasteiger partial charge in [-0.15, -0.1) is 0 Å². The van der Waals surface area contributed by atoms with E-state index in [1.54, 1.807) is 31.3 Å². The number of alkyl halides is 3. The van der Waals surface area contributed by atoms with Gasteiger partial charge in [0.1, 0.15) is 5.69 Å². The number of carbonyl (C=O) groups excluding carboxylic acids is 1. The molecule has 1 amide bonds. The fourth-order valence-electron chi connectivity index (χ4n) is 3.66. The Morgan fingerprint density at radius 1 is 1.29 bits per heavy atom. The average molecular weight is 490 g/mol. The van der Waals surface area contributed by atoms with Gasteiger partial charge in [0, 0.05) is 31.5 Å². The Morgan fingerprint density at radius 2 is 2.06 bits per heavy atom. The summed E-state index contributed by atoms with van der Waals surface area (Å²) in [4.78, 5) is 26.9. The zero-order valence-electron chi connectivity index (χ0n) is 19.6. The van der Waals surface area contributed by atoms with E-state index >= 15 is 0 Å². The number of nitrogens with one attached hydrogen (secondary N) is 2. The number of hydrogen-bond donors (Lipinski definition) is 2. The average Bonchev–Trinajstić information content (AvgIpc) is 3.23. The summed E-state index contributed by atoms with van der Waals surface area (Å²) in [5.41, 5.74) is 0.904. The monoisotopic (exact) mass is 490 g/mol. The standard InChI is InChI=1S/C22H25F3N8O2/c1-12(2)35-20-19(34)30-17-13(3)29-21(31-18(17)32(20)4)27-8-14-9-28-33(10-14)11-16-15(22(23,24)25)6-5-7-26-16/h5-7,9-10,12,20H,8,11H2,1-4H3,(H,30,34)(H,27,29,31). The van der Waals surface area contributed by atoms with Gasteiger partial charge in [-0.2, -0.15) is 23.3 Å². The van der Waals surface area contributed by atoms with Crippen molar-refractivity contribution in [3.63, 3.8) is 0 Å². The van der Waals surface area contributed by atoms with Gasteiger partial charge in [0.05, 0.1) is 35.8 Å². The highest BCUT2D eigenvalue weighted by Gasteiger charge is 2.35. The number of rotatable bonds is 7. The lowest BCUT2D eigenvalue weighted by Crippen LogP contribution is -2.49. The first-order valence-corrected chi connectivity index (χ1v) is 10.9. The molecule has 0 spiro atoms. The lowest BCUT2D eigenvalue weighted by Gasteiger charge is -2.35. The Balaban J connectivity index is 1.47. The second-order valence-corrected chi connectivity index (χ2v) is 8.36. The van der Waals surface area contributed by atoms with Gasteiger partial charge in [-0.1, -0.05) is 0 Å². The fraction of sp³-hybridized carbons (Fsp3) is 0.409. The zero-order valence-corrected chi connectivity index (χ0v) is 19.6. The van der Waals surface area contributed by atoms with Crippen molar-refractivity contribution >= 4 is 23.4 Å². The minimum absolute atomic E-state index is 0.112. The number of anilines is 3. The minimum Gasteiger partial charge on any atom is -0.350 e. The molecule has 0 fully saturated rings. The van der Waals surface area contributed by atoms with E-state index in [-0.39, 0.29) is 30.8 Å². The molecule has 0 saturated carbocycles. The second kappa shape index (κ2) is 9.49. The molecule has 2 N–H and O–H groups in total. The summed E-state index contributed by atoms with van der Waals surface area (Å²) in [7, 11) is 1.72. The van der Waals surface area contributed by atoms with Crippen LogP contribution in [0, 0.1) is 6.92 Å². The Kier molecular flexibility index (Phi) is 6.61. The minimum atomic E-state index is -4.49. The molecule has 0 radical (unpaired) electrons. The van der Waals surface area contributed by atoms with Crippen LogP contribution in [-0.2, 0) is 28.8 Å². The predicted molar refractivity (Wildman–Crippen MR) is 122 cm³/mol. The molecule has 10 nitrogen and oxygen atoms in total. The maximum absolute atomic E-state index is 13.2. The molecule has 0 saturated heterocycles. The first kappa shape index (κ1) is 24.4. The van der Waals surface area contributed by atoms with Gasteiger partial charge in [0.15, 0.2) is 5.82 Å². The molecule has 13 heteroatoms. The van der Waals surface area contributed by atoms with E-state index in [2.05, 4.69) is 30.7 Å². The number of aryl methyl sites for hydroxylation is 1. The van der Waals surface area contributed by atoms with Gasteiger partial charge in [0.2, 0.25) is 12.2 Å². The van der Waals surface area contributed by atoms with Crippen LogP contribution in [-0.4, -0.2) is 50.0 Å². The first-order valence-electron chi connectivity index (χ1n) is 10.9. The molecule has 0 aliphatic carbocycles. The normalized spacial score (nSPS) is 15.8. The van der Waals surface area contributed by atoms with Crippen molar-refractivity contribution < 1.29 is 22.7 Å². The van der Waals surface area contributed by atoms with Crippen LogP contribution in [0.2, 0.25) is 0 Å². The van der Waals surface area contributed by atoms with E-state index in [9.17, 15) is 18.0 Å². The third-order valence-electron chi connectivity index (χ3n) is 5.27. The van der Waals surface area contributed by atoms with Gasteiger partial charge >= 0.3 is 6.18 Å². The van der Waals surface area contributed by atoms with Crippen LogP contribution in [0.1, 0.15) is 36.4 Å². The molecule has 1 unspecified atom stereocenters. The third kappa shape index (κ3) is 5.34. The number of hydrogen-bond acceptors (Lipinski definition) is 8. The van der Waals surface area contributed by atoms with Crippen molar-refractivity contribution in [2.24, 2.45) is 0 Å². The van der Waals surface area contributed by atoms with Crippen molar-refractivity contribution in [2.75, 3.05) is 22.6 Å². The summed E-state index contributed by atoms with van der Waals surface area (Å²) in [5, 5.41) is 10.0. The van der Waals surface area contributed by atoms with Gasteiger partial charge in [0.25, 0.3) is 5.91 Å². The van der Waals surface area contributed by atoms with Crippen molar-refractivity contribution in [3.05, 3.63) is 53.2 Å². The smallest absolute Gasteiger partial charge is 0.350 e. The summed E-state index contributed by atoms with van der Waals surface area (Å²) in [5.74, 6) is 0.537. The van der Waals surface area contributed by atoms with Gasteiger partial charge in [-0.05, 0) is 32.9 Å². The van der Waals surface area contributed by atoms with Crippen molar-refractivity contribution in [2.45, 2.75) is 52.4 Å². The number of ether oxygens (including phenoxy) is 1. The number of pyridine rings is 1. The van der Waals surface area contributed by atoms with Gasteiger partial charge in [-0.25, -0.2) is 4.98 Å². The molecule has 3 aromatic rings. The fourth-order valence-corrected chi connectivity index (χ4v) is 3.66. The van der Waals surface area contributed by atoms with Crippen LogP contribution >= 0.6 is 0 Å². The lowest BCUT2D eigenvalue weighted by atomic mass is 10.2. The number of aromatic nitrogens is 5. The molecule has 3 aromatic heterocycles. The van der Waals surface area contributed by atoms with E-state index in [0.29, 0.717) is 23.1 Å². The summed E-state index contributed by atoms with van der Waals surface area (Å²) in [6.07, 6.45) is -0.975. The highest BCUT2D eigenvalue weighted by molar-refractivity contribution is 6.02. The molecule has 1 atom stereocenters. The maximum Gasteiger partial charge on any atom is 0.418 e. The molecular weight excluding hydrogens is 465 g/mol. The molecule has 1 aliphatic heterocycles. The van der Waals surface area contributed by atoms with E-state index in [4.69, 9.17) is 4.74 Å². The van der Waals surface area contributed by atoms with Crippen LogP contribution in [0.4, 0.5) is 30.6 Å². The molecule has 4 heterocycles. The van der Waals surface area contributed by atoms with Crippen molar-refractivity contribution in [1.82, 2.24) is 24.7 Å². The van der Waals surface area contributed by atoms with Crippen molar-refractivity contribution in [1.29, 1.82) is 0 Å². The van der Waals surface area contributed by atoms with E-state index in [1.807, 2.05) is 13.8 Å². The van der Waals surface area contributed by atoms with Crippen LogP contribution < -0.4 is 15.5 Å². The highest BCUT2D eigenvalue weighted by atomic mass is 19.4. The number of likely N-dealkylation sites (N-methyl/N-ethyl adjacent to an activating group) is 1. The largest absolute Gasteiger partial charge is 0.418 e. The maximum atomic E-state index is 13.2. The quantitative estimate of drug-likeness (QED) is 0.520. The van der Waals surface area contributed by atoms with E-state index in [0.717, 1.165) is 11.6 Å². The van der Waals surface area contributed by atoms with Crippen molar-refractivity contribution in [3.8, 4) is 0 Å². The van der Waals surface area contributed by atoms with Crippen LogP contribution in [0.25, 0.3) is 0 Å². The number of nitrogens with zero attached hydrogens (tertiary/aromatic N) is 6. The summed E-state index contributed by atoms with van der Waals surface area (Å²) in [6.45, 7) is 5.60. The Morgan fingerprint density at radius 3 is 2.77 bits per heavy atom. The number of fused-ring (bicyclic) bond motifs is 1. The zero-order chi connectivity index (χ0) is 25.3. The van der Waals surface area contributed by atoms with Gasteiger partial charge in [-0.3, -0.25) is 14.5 Å². The Hall–Kier alpha value is -3.74. The van der Waals surface area contributed by atoms with Crippen LogP contribution in [0.15, 0.2) is 30.7 Å². The first-order chi connectivity index (χ1) is 16.5. The lowest BCUT2D eigenvalue weighted by molar-refractivity contribution is -0.138. The topological polar surface area (TPSA) is 110 Å². The summed E-state index contributed by atoms with van der Waals surface area (Å²) >= 11 is 0. The molecule has 35 heavy (non-hydrogen) atoms. The van der Waals surface area contributed by atoms with Crippen LogP contribution in [0.3, 0.4) is 0 Å². The Labute approximate surface area is 199 Å².